The highest BCUT2D eigenvalue weighted by molar-refractivity contribution is 7.98. The second-order valence-corrected chi connectivity index (χ2v) is 7.48. The largest absolute Gasteiger partial charge is 0.319 e. The van der Waals surface area contributed by atoms with Crippen molar-refractivity contribution >= 4 is 17.7 Å². The molecular weight excluding hydrogens is 389 g/mol. The Hall–Kier alpha value is -3.13. The summed E-state index contributed by atoms with van der Waals surface area (Å²) in [7, 11) is 0. The van der Waals surface area contributed by atoms with Gasteiger partial charge < -0.3 is 4.57 Å². The molecule has 6 nitrogen and oxygen atoms in total. The molecule has 2 aliphatic heterocycles. The first-order valence-electron chi connectivity index (χ1n) is 9.29. The molecule has 1 unspecified atom stereocenters. The maximum atomic E-state index is 13.1. The minimum Gasteiger partial charge on any atom is -0.319 e. The molecule has 0 bridgehead atoms. The molecule has 1 atom stereocenters. The Labute approximate surface area is 172 Å². The zero-order valence-corrected chi connectivity index (χ0v) is 16.6. The minimum atomic E-state index is -0.409. The summed E-state index contributed by atoms with van der Waals surface area (Å²) in [6, 6.07) is 13.4. The van der Waals surface area contributed by atoms with Crippen LogP contribution < -0.4 is 5.43 Å². The topological polar surface area (TPSA) is 64.7 Å². The molecule has 1 aromatic heterocycles. The number of carbonyl (C=O) groups excluding carboxylic acids is 1. The van der Waals surface area contributed by atoms with Gasteiger partial charge >= 0.3 is 0 Å². The molecule has 0 aliphatic carbocycles. The lowest BCUT2D eigenvalue weighted by molar-refractivity contribution is -0.120. The number of benzene rings is 1. The predicted octanol–water partition coefficient (Wildman–Crippen LogP) is 4.34. The van der Waals surface area contributed by atoms with E-state index in [9.17, 15) is 9.18 Å². The van der Waals surface area contributed by atoms with Crippen LogP contribution in [0.4, 0.5) is 4.39 Å². The molecule has 29 heavy (non-hydrogen) atoms. The number of thioether (sulfide) groups is 1. The van der Waals surface area contributed by atoms with Gasteiger partial charge in [0, 0.05) is 24.3 Å². The van der Waals surface area contributed by atoms with Crippen molar-refractivity contribution in [2.75, 3.05) is 5.43 Å². The minimum absolute atomic E-state index is 0.121. The van der Waals surface area contributed by atoms with Crippen molar-refractivity contribution in [2.24, 2.45) is 0 Å². The van der Waals surface area contributed by atoms with Gasteiger partial charge in [0.2, 0.25) is 0 Å². The lowest BCUT2D eigenvalue weighted by Crippen LogP contribution is -2.31. The highest BCUT2D eigenvalue weighted by atomic mass is 32.2. The van der Waals surface area contributed by atoms with Crippen molar-refractivity contribution in [1.29, 1.82) is 0 Å². The Morgan fingerprint density at radius 3 is 2.59 bits per heavy atom. The van der Waals surface area contributed by atoms with E-state index >= 15 is 0 Å². The van der Waals surface area contributed by atoms with E-state index < -0.39 is 6.04 Å². The average molecular weight is 409 g/mol. The zero-order valence-electron chi connectivity index (χ0n) is 15.8. The van der Waals surface area contributed by atoms with Crippen molar-refractivity contribution in [3.05, 3.63) is 78.5 Å². The first-order chi connectivity index (χ1) is 14.1. The molecule has 2 aliphatic rings. The van der Waals surface area contributed by atoms with E-state index in [1.807, 2.05) is 42.0 Å². The second kappa shape index (κ2) is 8.48. The summed E-state index contributed by atoms with van der Waals surface area (Å²) >= 11 is 1.48. The lowest BCUT2D eigenvalue weighted by Gasteiger charge is -2.20. The fourth-order valence-corrected chi connectivity index (χ4v) is 3.89. The number of imidazole rings is 1. The number of hydrogen-bond acceptors (Lipinski definition) is 4. The fraction of sp³-hybridized carbons (Fsp3) is 0.190. The Kier molecular flexibility index (Phi) is 5.62. The monoisotopic (exact) mass is 409 g/mol. The van der Waals surface area contributed by atoms with Crippen LogP contribution >= 0.6 is 11.8 Å². The average Bonchev–Trinajstić information content (AvgIpc) is 3.38. The van der Waals surface area contributed by atoms with E-state index in [2.05, 4.69) is 15.4 Å². The zero-order chi connectivity index (χ0) is 20.2. The molecule has 148 valence electrons. The van der Waals surface area contributed by atoms with Gasteiger partial charge in [-0.05, 0) is 48.4 Å². The fourth-order valence-electron chi connectivity index (χ4n) is 3.09. The van der Waals surface area contributed by atoms with Gasteiger partial charge in [-0.1, -0.05) is 30.8 Å². The quantitative estimate of drug-likeness (QED) is 0.461. The molecule has 2 aromatic rings. The van der Waals surface area contributed by atoms with Gasteiger partial charge in [0.25, 0.3) is 5.91 Å². The van der Waals surface area contributed by atoms with Gasteiger partial charge in [-0.15, -0.1) is 0 Å². The summed E-state index contributed by atoms with van der Waals surface area (Å²) in [5, 5.41) is 0.630. The van der Waals surface area contributed by atoms with Gasteiger partial charge in [0.1, 0.15) is 17.6 Å². The van der Waals surface area contributed by atoms with Gasteiger partial charge in [-0.2, -0.15) is 0 Å². The van der Waals surface area contributed by atoms with Crippen LogP contribution in [0.15, 0.2) is 72.3 Å². The van der Waals surface area contributed by atoms with Crippen LogP contribution in [0.2, 0.25) is 0 Å². The number of pyridine rings is 1. The van der Waals surface area contributed by atoms with Gasteiger partial charge in [-0.3, -0.25) is 14.9 Å². The number of amides is 1. The van der Waals surface area contributed by atoms with Crippen molar-refractivity contribution in [2.45, 2.75) is 30.3 Å². The number of rotatable bonds is 7. The number of halogens is 1. The van der Waals surface area contributed by atoms with E-state index in [4.69, 9.17) is 0 Å². The first kappa shape index (κ1) is 19.2. The molecule has 4 rings (SSSR count). The third-order valence-corrected chi connectivity index (χ3v) is 5.46. The van der Waals surface area contributed by atoms with Gasteiger partial charge in [0.15, 0.2) is 11.0 Å². The standard InChI is InChI=1S/C21H20FN5OS/c1-2-18(20(28)25-26-11-3-4-12-26)27-13-5-6-17-19(27)24-21(23-17)29-14-15-7-9-16(22)10-8-15/h3-13,18H,2,14H2,1H3,(H,25,28). The maximum Gasteiger partial charge on any atom is 0.261 e. The smallest absolute Gasteiger partial charge is 0.261 e. The van der Waals surface area contributed by atoms with Gasteiger partial charge in [-0.25, -0.2) is 14.4 Å². The molecule has 1 amide bonds. The molecule has 0 fully saturated rings. The SMILES string of the molecule is CCC(C(=O)Nn1cccc1)n1cccc2nc(SCc3ccc(F)cc3)nc1-2. The highest BCUT2D eigenvalue weighted by Gasteiger charge is 2.24. The number of carbonyl (C=O) groups is 1. The third kappa shape index (κ3) is 4.32. The summed E-state index contributed by atoms with van der Waals surface area (Å²) in [6.07, 6.45) is 6.03. The second-order valence-electron chi connectivity index (χ2n) is 6.54. The summed E-state index contributed by atoms with van der Waals surface area (Å²) in [5.74, 6) is 0.939. The van der Waals surface area contributed by atoms with Crippen molar-refractivity contribution in [1.82, 2.24) is 19.2 Å². The van der Waals surface area contributed by atoms with Crippen LogP contribution in [0.3, 0.4) is 0 Å². The van der Waals surface area contributed by atoms with Crippen LogP contribution in [0.25, 0.3) is 11.5 Å². The summed E-state index contributed by atoms with van der Waals surface area (Å²) in [5.41, 5.74) is 4.60. The van der Waals surface area contributed by atoms with E-state index in [-0.39, 0.29) is 11.7 Å². The van der Waals surface area contributed by atoms with Crippen LogP contribution in [0, 0.1) is 5.82 Å². The molecule has 0 radical (unpaired) electrons. The molecule has 1 aromatic carbocycles. The molecule has 0 spiro atoms. The Bertz CT molecular complexity index is 1060. The Balaban J connectivity index is 1.55. The number of hydrogen-bond donors (Lipinski definition) is 1. The van der Waals surface area contributed by atoms with Crippen LogP contribution in [0.5, 0.6) is 0 Å². The van der Waals surface area contributed by atoms with Crippen molar-refractivity contribution < 1.29 is 9.18 Å². The van der Waals surface area contributed by atoms with Crippen LogP contribution in [-0.4, -0.2) is 25.1 Å². The van der Waals surface area contributed by atoms with Crippen LogP contribution in [-0.2, 0) is 10.5 Å². The molecule has 0 saturated carbocycles. The lowest BCUT2D eigenvalue weighted by atomic mass is 10.2. The van der Waals surface area contributed by atoms with Crippen LogP contribution in [0.1, 0.15) is 24.9 Å². The molecule has 0 saturated heterocycles. The Morgan fingerprint density at radius 1 is 1.10 bits per heavy atom. The first-order valence-corrected chi connectivity index (χ1v) is 10.3. The van der Waals surface area contributed by atoms with E-state index in [1.54, 1.807) is 29.2 Å². The molecule has 8 heteroatoms. The number of nitrogens with one attached hydrogen (secondary N) is 1. The number of nitrogens with zero attached hydrogens (tertiary/aromatic N) is 4. The van der Waals surface area contributed by atoms with E-state index in [0.717, 1.165) is 11.3 Å². The summed E-state index contributed by atoms with van der Waals surface area (Å²) in [4.78, 5) is 22.0. The molecule has 1 N–H and O–H groups in total. The third-order valence-electron chi connectivity index (χ3n) is 4.54. The summed E-state index contributed by atoms with van der Waals surface area (Å²) in [6.45, 7) is 1.96. The van der Waals surface area contributed by atoms with Crippen molar-refractivity contribution in [3.8, 4) is 11.5 Å². The highest BCUT2D eigenvalue weighted by Crippen LogP contribution is 2.29. The Morgan fingerprint density at radius 2 is 1.86 bits per heavy atom. The molecular formula is C21H20FN5OS. The molecule has 3 heterocycles. The van der Waals surface area contributed by atoms with Crippen molar-refractivity contribution in [3.63, 3.8) is 0 Å². The number of aromatic nitrogens is 4. The number of fused-ring (bicyclic) bond motifs is 1. The van der Waals surface area contributed by atoms with Gasteiger partial charge in [0.05, 0.1) is 0 Å². The predicted molar refractivity (Wildman–Crippen MR) is 111 cm³/mol. The van der Waals surface area contributed by atoms with E-state index in [0.29, 0.717) is 23.2 Å². The summed E-state index contributed by atoms with van der Waals surface area (Å²) < 4.78 is 16.6. The maximum absolute atomic E-state index is 13.1. The van der Waals surface area contributed by atoms with E-state index in [1.165, 1.54) is 23.9 Å². The normalized spacial score (nSPS) is 12.2.